The van der Waals surface area contributed by atoms with Gasteiger partial charge in [0.25, 0.3) is 23.6 Å². The Balaban J connectivity index is 0.000000340. The summed E-state index contributed by atoms with van der Waals surface area (Å²) >= 11 is 0. The van der Waals surface area contributed by atoms with Crippen molar-refractivity contribution in [1.82, 2.24) is 80.3 Å². The first-order chi connectivity index (χ1) is 66.1. The Kier molecular flexibility index (Phi) is 31.1. The van der Waals surface area contributed by atoms with Crippen LogP contribution in [0.4, 0.5) is 28.4 Å². The molecule has 2 aliphatic rings. The van der Waals surface area contributed by atoms with Crippen LogP contribution in [-0.4, -0.2) is 208 Å². The minimum absolute atomic E-state index is 0. The van der Waals surface area contributed by atoms with Crippen molar-refractivity contribution in [2.24, 2.45) is 0 Å². The van der Waals surface area contributed by atoms with Crippen LogP contribution in [0.3, 0.4) is 0 Å². The first kappa shape index (κ1) is 100. The number of carbonyl (C=O) groups excluding carboxylic acids is 4. The van der Waals surface area contributed by atoms with Gasteiger partial charge in [-0.1, -0.05) is 74.2 Å². The summed E-state index contributed by atoms with van der Waals surface area (Å²) in [5, 5.41) is 19.6. The minimum Gasteiger partial charge on any atom is -0.492 e. The third kappa shape index (κ3) is 23.4. The summed E-state index contributed by atoms with van der Waals surface area (Å²) in [5.41, 5.74) is 15.2. The summed E-state index contributed by atoms with van der Waals surface area (Å²) in [6.07, 6.45) is 15.3. The van der Waals surface area contributed by atoms with Crippen molar-refractivity contribution in [2.75, 3.05) is 80.6 Å². The average Bonchev–Trinajstić information content (AvgIpc) is 1.62. The fraction of sp³-hybridized carbons (Fsp3) is 0.250. The Bertz CT molecular complexity index is 7650. The number of methoxy groups -OCH3 is 1. The molecule has 0 aliphatic carbocycles. The third-order valence-electron chi connectivity index (χ3n) is 22.9. The number of anilines is 5. The lowest BCUT2D eigenvalue weighted by molar-refractivity contribution is 0.101. The second-order valence-electron chi connectivity index (χ2n) is 34.0. The largest absolute Gasteiger partial charge is 0.492 e. The van der Waals surface area contributed by atoms with E-state index in [9.17, 15) is 52.8 Å². The van der Waals surface area contributed by atoms with E-state index < -0.39 is 66.3 Å². The number of pyridine rings is 1. The van der Waals surface area contributed by atoms with Gasteiger partial charge in [-0.15, -0.1) is 0 Å². The van der Waals surface area contributed by atoms with E-state index in [-0.39, 0.29) is 63.3 Å². The zero-order chi connectivity index (χ0) is 97.9. The number of nitrogens with zero attached hydrogens (tertiary/aromatic N) is 10. The predicted octanol–water partition coefficient (Wildman–Crippen LogP) is 18.2. The molecule has 2 fully saturated rings. The first-order valence-corrected chi connectivity index (χ1v) is 50.6. The molecule has 139 heavy (non-hydrogen) atoms. The molecule has 1 atom stereocenters. The second kappa shape index (κ2) is 43.2. The molecule has 2 saturated heterocycles. The van der Waals surface area contributed by atoms with Gasteiger partial charge < -0.3 is 71.5 Å². The Labute approximate surface area is 818 Å². The van der Waals surface area contributed by atoms with Crippen molar-refractivity contribution in [3.05, 3.63) is 266 Å². The van der Waals surface area contributed by atoms with Crippen LogP contribution in [0.1, 0.15) is 142 Å². The molecule has 1 unspecified atom stereocenters. The van der Waals surface area contributed by atoms with Gasteiger partial charge in [0.15, 0.2) is 61.9 Å². The zero-order valence-corrected chi connectivity index (χ0v) is 80.5. The highest BCUT2D eigenvalue weighted by Gasteiger charge is 2.27. The lowest BCUT2D eigenvalue weighted by atomic mass is 10.0. The topological polar surface area (TPSA) is 490 Å². The van der Waals surface area contributed by atoms with Crippen LogP contribution in [0.25, 0.3) is 89.7 Å². The molecule has 7 aromatic carbocycles. The van der Waals surface area contributed by atoms with Crippen molar-refractivity contribution in [3.8, 4) is 56.7 Å². The maximum Gasteiger partial charge on any atom is 0.274 e. The van der Waals surface area contributed by atoms with E-state index in [0.29, 0.717) is 143 Å². The van der Waals surface area contributed by atoms with Crippen LogP contribution in [0.2, 0.25) is 0 Å². The summed E-state index contributed by atoms with van der Waals surface area (Å²) in [6.45, 7) is 17.5. The molecule has 738 valence electrons. The van der Waals surface area contributed by atoms with Crippen LogP contribution >= 0.6 is 0 Å². The van der Waals surface area contributed by atoms with E-state index >= 15 is 0 Å². The number of aromatic nitrogens is 13. The molecule has 39 heteroatoms. The Morgan fingerprint density at radius 1 is 0.424 bits per heavy atom. The SMILES string of the molecule is C.CC(C)S(=O)(=O)c1ccc(-c2cnc3[nH]cc(NC(=O)c4ccc(C5CCCN5)cc4)c3n2)cc1.CC(C)S(=O)(=O)c1ccc(-c2cnc3[nH]cc(NC(=O)c4ccc(NC5CNC5)cc4)c3n2)cc1.CC(C)S(=O)(=O)c1ccc(-c2cnc3[nH]cc(NC(=O)c4ccc(OCCN(C)C)cc4)c3n2)cc1.COc1cccc(C(=O)Nc2c[nH]c3ncc(-c4ccc(S(=O)(=O)C(C)C)cc4)nc23)n1.[HH].[HH].[HH].[HH].[HH].[HH].[HH].[HH].[HH]. The van der Waals surface area contributed by atoms with Gasteiger partial charge in [0.05, 0.1) is 124 Å². The molecule has 0 radical (unpaired) electrons. The normalized spacial score (nSPS) is 13.4. The van der Waals surface area contributed by atoms with Gasteiger partial charge in [-0.05, 0) is 210 Å². The molecule has 11 N–H and O–H groups in total. The minimum atomic E-state index is -3.36. The summed E-state index contributed by atoms with van der Waals surface area (Å²) in [7, 11) is -7.98. The van der Waals surface area contributed by atoms with Crippen LogP contribution in [-0.2, 0) is 39.3 Å². The number of ether oxygens (including phenoxy) is 2. The van der Waals surface area contributed by atoms with Gasteiger partial charge in [-0.3, -0.25) is 19.2 Å². The molecule has 11 heterocycles. The van der Waals surface area contributed by atoms with Crippen LogP contribution in [0.5, 0.6) is 11.6 Å². The average molecular weight is 1970 g/mol. The summed E-state index contributed by atoms with van der Waals surface area (Å²) in [4.78, 5) is 107. The number of sulfone groups is 4. The number of likely N-dealkylation sites (N-methyl/N-ethyl adjacent to an activating group) is 1. The monoisotopic (exact) mass is 1970 g/mol. The molecule has 2 aliphatic heterocycles. The Hall–Kier alpha value is -14.9. The number of nitrogens with one attached hydrogen (secondary N) is 11. The lowest BCUT2D eigenvalue weighted by Gasteiger charge is -2.29. The van der Waals surface area contributed by atoms with Gasteiger partial charge in [0.1, 0.15) is 40.1 Å². The molecule has 18 rings (SSSR count). The summed E-state index contributed by atoms with van der Waals surface area (Å²) in [6, 6.07) is 53.9. The standard InChI is InChI=1S/C26H29N5O4S.C26H27N5O3S.C25H26N6O3S.C22H21N5O4S.CH4.9H2/c1-17(2)36(33,34)21-11-7-18(8-12-21)22-15-27-25-24(29-22)23(16-28-25)30-26(32)19-5-9-20(10-6-19)35-14-13-31(3)4;1-16(2)35(33,34)20-11-9-18(10-12-20)22-14-28-25-24(30-22)23(15-29-25)31-26(32)19-7-5-17(6-8-19)21-4-3-13-27-21;1-15(2)35(33,34)20-9-5-16(6-10-20)21-13-27-24-23(30-21)22(14-28-24)31-25(32)17-3-7-18(8-4-17)29-19-11-26-12-19;1-13(2)32(29,30)15-9-7-14(8-10-15)17-11-23-21-20(26-17)18(12-24-21)27-22(28)16-5-4-6-19(25-16)31-3;;;;;;;;;;/h5-12,15-17H,13-14H2,1-4H3,(H,27,28)(H,30,32);5-12,14-16,21,27H,3-4,13H2,1-2H3,(H,28,29)(H,31,32);3-10,13-15,19,26,29H,11-12H2,1-2H3,(H,27,28)(H,31,32);4-13H,1-3H3,(H,23,24)(H,27,28);1H4;9*1H. The number of H-pyrrole nitrogens is 4. The number of hydrogen-bond donors (Lipinski definition) is 11. The molecule has 0 spiro atoms. The molecular formula is C100H125N21O14S4. The quantitative estimate of drug-likeness (QED) is 0.0217. The van der Waals surface area contributed by atoms with Crippen molar-refractivity contribution in [2.45, 2.75) is 128 Å². The Morgan fingerprint density at radius 2 is 0.755 bits per heavy atom. The van der Waals surface area contributed by atoms with Gasteiger partial charge in [-0.2, -0.15) is 0 Å². The molecule has 4 amide bonds. The maximum atomic E-state index is 12.9. The number of amides is 4. The highest BCUT2D eigenvalue weighted by atomic mass is 32.2. The molecule has 0 bridgehead atoms. The second-order valence-corrected chi connectivity index (χ2v) is 44.0. The third-order valence-corrected chi connectivity index (χ3v) is 31.6. The van der Waals surface area contributed by atoms with E-state index in [1.165, 1.54) is 12.7 Å². The zero-order valence-electron chi connectivity index (χ0n) is 77.3. The summed E-state index contributed by atoms with van der Waals surface area (Å²) in [5.74, 6) is -0.151. The van der Waals surface area contributed by atoms with E-state index in [2.05, 4.69) is 102 Å². The fourth-order valence-corrected chi connectivity index (χ4v) is 18.7. The van der Waals surface area contributed by atoms with Crippen LogP contribution < -0.4 is 46.7 Å². The highest BCUT2D eigenvalue weighted by Crippen LogP contribution is 2.34. The van der Waals surface area contributed by atoms with E-state index in [1.54, 1.807) is 257 Å². The number of hydrogen-bond acceptors (Lipinski definition) is 27. The lowest BCUT2D eigenvalue weighted by Crippen LogP contribution is -2.51. The Morgan fingerprint density at radius 3 is 1.06 bits per heavy atom. The summed E-state index contributed by atoms with van der Waals surface area (Å²) < 4.78 is 110. The maximum absolute atomic E-state index is 12.9. The van der Waals surface area contributed by atoms with Crippen molar-refractivity contribution in [1.29, 1.82) is 0 Å². The molecule has 16 aromatic rings. The van der Waals surface area contributed by atoms with Crippen molar-refractivity contribution < 1.29 is 75.2 Å². The van der Waals surface area contributed by atoms with Gasteiger partial charge in [0, 0.05) is 114 Å². The number of rotatable bonds is 28. The molecule has 35 nitrogen and oxygen atoms in total. The van der Waals surface area contributed by atoms with E-state index in [1.807, 2.05) is 55.4 Å². The predicted molar refractivity (Wildman–Crippen MR) is 559 cm³/mol. The molecule has 0 saturated carbocycles. The number of aromatic amines is 4. The number of fused-ring (bicyclic) bond motifs is 4. The van der Waals surface area contributed by atoms with Crippen molar-refractivity contribution >= 4 is 136 Å². The smallest absolute Gasteiger partial charge is 0.274 e. The molecule has 9 aromatic heterocycles. The number of carbonyl (C=O) groups is 4. The number of benzene rings is 7. The van der Waals surface area contributed by atoms with Gasteiger partial charge >= 0.3 is 0 Å². The van der Waals surface area contributed by atoms with E-state index in [0.717, 1.165) is 61.4 Å². The van der Waals surface area contributed by atoms with Crippen LogP contribution in [0.15, 0.2) is 257 Å². The van der Waals surface area contributed by atoms with Gasteiger partial charge in [-0.25, -0.2) is 78.5 Å². The van der Waals surface area contributed by atoms with E-state index in [4.69, 9.17) is 9.47 Å². The van der Waals surface area contributed by atoms with Gasteiger partial charge in [0.2, 0.25) is 5.88 Å². The van der Waals surface area contributed by atoms with Crippen molar-refractivity contribution in [3.63, 3.8) is 0 Å². The molecular weight excluding hydrogens is 1850 g/mol. The highest BCUT2D eigenvalue weighted by molar-refractivity contribution is 7.93. The fourth-order valence-electron chi connectivity index (χ4n) is 14.5. The van der Waals surface area contributed by atoms with Crippen LogP contribution in [0, 0.1) is 0 Å². The first-order valence-electron chi connectivity index (χ1n) is 44.4.